The monoisotopic (exact) mass is 180 g/mol. The number of H-pyrrole nitrogens is 1. The molecule has 0 saturated heterocycles. The van der Waals surface area contributed by atoms with E-state index in [1.807, 2.05) is 0 Å². The van der Waals surface area contributed by atoms with Gasteiger partial charge >= 0.3 is 11.7 Å². The first kappa shape index (κ1) is 8.98. The van der Waals surface area contributed by atoms with Crippen LogP contribution in [0, 0.1) is 0 Å². The maximum absolute atomic E-state index is 10.8. The molecule has 1 aromatic rings. The van der Waals surface area contributed by atoms with Gasteiger partial charge in [-0.25, -0.2) is 9.59 Å². The zero-order valence-electron chi connectivity index (χ0n) is 6.73. The first-order valence-electron chi connectivity index (χ1n) is 3.42. The zero-order chi connectivity index (χ0) is 9.84. The summed E-state index contributed by atoms with van der Waals surface area (Å²) in [6.07, 6.45) is 2.55. The zero-order valence-corrected chi connectivity index (χ0v) is 6.73. The molecule has 13 heavy (non-hydrogen) atoms. The number of rotatable bonds is 2. The molecule has 0 spiro atoms. The number of aromatic nitrogens is 2. The summed E-state index contributed by atoms with van der Waals surface area (Å²) < 4.78 is 0. The molecule has 0 aliphatic rings. The van der Waals surface area contributed by atoms with Gasteiger partial charge in [-0.2, -0.15) is 4.98 Å². The average molecular weight is 180 g/mol. The van der Waals surface area contributed by atoms with Crippen LogP contribution in [-0.4, -0.2) is 16.0 Å². The summed E-state index contributed by atoms with van der Waals surface area (Å²) in [5.41, 5.74) is 4.44. The van der Waals surface area contributed by atoms with Gasteiger partial charge in [-0.15, -0.1) is 0 Å². The van der Waals surface area contributed by atoms with Crippen molar-refractivity contribution in [2.75, 3.05) is 4.90 Å². The van der Waals surface area contributed by atoms with E-state index in [-0.39, 0.29) is 5.82 Å². The van der Waals surface area contributed by atoms with Gasteiger partial charge in [-0.1, -0.05) is 6.58 Å². The summed E-state index contributed by atoms with van der Waals surface area (Å²) in [4.78, 5) is 28.3. The van der Waals surface area contributed by atoms with Crippen molar-refractivity contribution in [1.82, 2.24) is 9.97 Å². The normalized spacial score (nSPS) is 9.23. The van der Waals surface area contributed by atoms with E-state index in [2.05, 4.69) is 16.5 Å². The van der Waals surface area contributed by atoms with E-state index in [0.29, 0.717) is 0 Å². The summed E-state index contributed by atoms with van der Waals surface area (Å²) in [7, 11) is 0. The van der Waals surface area contributed by atoms with Crippen LogP contribution in [0.3, 0.4) is 0 Å². The van der Waals surface area contributed by atoms with Gasteiger partial charge in [0, 0.05) is 12.4 Å². The van der Waals surface area contributed by atoms with Gasteiger partial charge in [0.25, 0.3) is 0 Å². The molecule has 3 N–H and O–H groups in total. The molecular weight excluding hydrogens is 172 g/mol. The molecule has 0 bridgehead atoms. The van der Waals surface area contributed by atoms with Crippen molar-refractivity contribution in [3.63, 3.8) is 0 Å². The van der Waals surface area contributed by atoms with Gasteiger partial charge < -0.3 is 10.7 Å². The van der Waals surface area contributed by atoms with Crippen LogP contribution in [0.2, 0.25) is 0 Å². The average Bonchev–Trinajstić information content (AvgIpc) is 2.04. The quantitative estimate of drug-likeness (QED) is 0.660. The number of hydrogen-bond acceptors (Lipinski definition) is 3. The van der Waals surface area contributed by atoms with Crippen molar-refractivity contribution in [3.8, 4) is 0 Å². The van der Waals surface area contributed by atoms with Crippen LogP contribution in [0.5, 0.6) is 0 Å². The molecule has 1 rings (SSSR count). The highest BCUT2D eigenvalue weighted by atomic mass is 16.2. The number of amides is 2. The molecule has 2 amide bonds. The highest BCUT2D eigenvalue weighted by molar-refractivity contribution is 5.91. The molecule has 0 atom stereocenters. The minimum atomic E-state index is -0.743. The Morgan fingerprint density at radius 1 is 1.77 bits per heavy atom. The van der Waals surface area contributed by atoms with Crippen LogP contribution in [0.25, 0.3) is 0 Å². The molecule has 0 fully saturated rings. The standard InChI is InChI=1S/C7H8N4O2/c1-2-11(6(8)12)5-3-4-9-7(13)10-5/h2-4H,1H2,(H2,8,12)(H,9,10,13). The number of anilines is 1. The van der Waals surface area contributed by atoms with E-state index in [1.54, 1.807) is 0 Å². The van der Waals surface area contributed by atoms with Crippen molar-refractivity contribution in [1.29, 1.82) is 0 Å². The second-order valence-electron chi connectivity index (χ2n) is 2.14. The van der Waals surface area contributed by atoms with E-state index >= 15 is 0 Å². The maximum atomic E-state index is 10.8. The van der Waals surface area contributed by atoms with E-state index < -0.39 is 11.7 Å². The molecule has 0 aliphatic heterocycles. The SMILES string of the molecule is C=CN(C(N)=O)c1cc[nH]c(=O)n1. The molecule has 6 heteroatoms. The second kappa shape index (κ2) is 3.53. The maximum Gasteiger partial charge on any atom is 0.346 e. The van der Waals surface area contributed by atoms with E-state index in [9.17, 15) is 9.59 Å². The van der Waals surface area contributed by atoms with Crippen LogP contribution in [0.4, 0.5) is 10.6 Å². The Morgan fingerprint density at radius 2 is 2.46 bits per heavy atom. The van der Waals surface area contributed by atoms with E-state index in [0.717, 1.165) is 4.90 Å². The molecule has 6 nitrogen and oxygen atoms in total. The lowest BCUT2D eigenvalue weighted by Gasteiger charge is -2.12. The number of urea groups is 1. The number of primary amides is 1. The molecular formula is C7H8N4O2. The Morgan fingerprint density at radius 3 is 2.92 bits per heavy atom. The molecule has 0 radical (unpaired) electrons. The van der Waals surface area contributed by atoms with Crippen LogP contribution in [-0.2, 0) is 0 Å². The number of hydrogen-bond donors (Lipinski definition) is 2. The number of nitrogens with one attached hydrogen (secondary N) is 1. The fourth-order valence-corrected chi connectivity index (χ4v) is 0.792. The third-order valence-electron chi connectivity index (χ3n) is 1.32. The highest BCUT2D eigenvalue weighted by Crippen LogP contribution is 2.05. The molecule has 0 aromatic carbocycles. The Hall–Kier alpha value is -2.11. The van der Waals surface area contributed by atoms with Gasteiger partial charge in [-0.05, 0) is 6.07 Å². The Bertz CT molecular complexity index is 384. The largest absolute Gasteiger partial charge is 0.351 e. The summed E-state index contributed by atoms with van der Waals surface area (Å²) in [5.74, 6) is 0.145. The first-order chi connectivity index (χ1) is 6.15. The third-order valence-corrected chi connectivity index (χ3v) is 1.32. The smallest absolute Gasteiger partial charge is 0.346 e. The minimum absolute atomic E-state index is 0.145. The van der Waals surface area contributed by atoms with Gasteiger partial charge in [0.05, 0.1) is 0 Å². The van der Waals surface area contributed by atoms with Crippen LogP contribution in [0.15, 0.2) is 29.8 Å². The molecule has 0 aliphatic carbocycles. The van der Waals surface area contributed by atoms with Crippen molar-refractivity contribution in [2.45, 2.75) is 0 Å². The number of carbonyl (C=O) groups excluding carboxylic acids is 1. The number of aromatic amines is 1. The first-order valence-corrected chi connectivity index (χ1v) is 3.42. The van der Waals surface area contributed by atoms with Gasteiger partial charge in [0.2, 0.25) is 0 Å². The van der Waals surface area contributed by atoms with Crippen molar-refractivity contribution >= 4 is 11.8 Å². The molecule has 68 valence electrons. The summed E-state index contributed by atoms with van der Waals surface area (Å²) in [6, 6.07) is 0.696. The molecule has 1 heterocycles. The lowest BCUT2D eigenvalue weighted by atomic mass is 10.5. The van der Waals surface area contributed by atoms with Crippen molar-refractivity contribution in [2.24, 2.45) is 5.73 Å². The predicted octanol–water partition coefficient (Wildman–Crippen LogP) is -0.201. The Balaban J connectivity index is 3.12. The minimum Gasteiger partial charge on any atom is -0.351 e. The van der Waals surface area contributed by atoms with Gasteiger partial charge in [0.15, 0.2) is 0 Å². The summed E-state index contributed by atoms with van der Waals surface area (Å²) >= 11 is 0. The number of nitrogens with zero attached hydrogens (tertiary/aromatic N) is 2. The van der Waals surface area contributed by atoms with Crippen LogP contribution >= 0.6 is 0 Å². The second-order valence-corrected chi connectivity index (χ2v) is 2.14. The lowest BCUT2D eigenvalue weighted by molar-refractivity contribution is 0.255. The number of nitrogens with two attached hydrogens (primary N) is 1. The van der Waals surface area contributed by atoms with Crippen molar-refractivity contribution in [3.05, 3.63) is 35.5 Å². The van der Waals surface area contributed by atoms with Gasteiger partial charge in [0.1, 0.15) is 5.82 Å². The lowest BCUT2D eigenvalue weighted by Crippen LogP contribution is -2.32. The topological polar surface area (TPSA) is 92.1 Å². The Kier molecular flexibility index (Phi) is 2.44. The van der Waals surface area contributed by atoms with Crippen molar-refractivity contribution < 1.29 is 4.79 Å². The van der Waals surface area contributed by atoms with Crippen LogP contribution in [0.1, 0.15) is 0 Å². The van der Waals surface area contributed by atoms with Crippen LogP contribution < -0.4 is 16.3 Å². The fraction of sp³-hybridized carbons (Fsp3) is 0. The summed E-state index contributed by atoms with van der Waals surface area (Å²) in [6.45, 7) is 3.36. The van der Waals surface area contributed by atoms with E-state index in [4.69, 9.17) is 5.73 Å². The Labute approximate surface area is 73.7 Å². The van der Waals surface area contributed by atoms with E-state index in [1.165, 1.54) is 18.5 Å². The molecule has 0 unspecified atom stereocenters. The van der Waals surface area contributed by atoms with Gasteiger partial charge in [-0.3, -0.25) is 4.90 Å². The summed E-state index contributed by atoms with van der Waals surface area (Å²) in [5, 5.41) is 0. The molecule has 1 aromatic heterocycles. The predicted molar refractivity (Wildman–Crippen MR) is 47.1 cm³/mol. The highest BCUT2D eigenvalue weighted by Gasteiger charge is 2.09. The molecule has 0 saturated carbocycles. The fourth-order valence-electron chi connectivity index (χ4n) is 0.792. The third kappa shape index (κ3) is 1.92. The number of carbonyl (C=O) groups is 1.